The van der Waals surface area contributed by atoms with Crippen LogP contribution in [0.3, 0.4) is 0 Å². The number of carbonyl (C=O) groups excluding carboxylic acids is 1. The summed E-state index contributed by atoms with van der Waals surface area (Å²) < 4.78 is 45.9. The topological polar surface area (TPSA) is 66.0 Å². The van der Waals surface area contributed by atoms with Crippen LogP contribution in [0.5, 0.6) is 23.0 Å². The van der Waals surface area contributed by atoms with Gasteiger partial charge < -0.3 is 24.3 Å². The van der Waals surface area contributed by atoms with E-state index in [4.69, 9.17) is 14.2 Å². The first-order chi connectivity index (χ1) is 12.5. The van der Waals surface area contributed by atoms with E-state index in [0.29, 0.717) is 34.9 Å². The number of rotatable bonds is 5. The van der Waals surface area contributed by atoms with Gasteiger partial charge in [0.25, 0.3) is 5.91 Å². The lowest BCUT2D eigenvalue weighted by atomic mass is 10.1. The highest BCUT2D eigenvalue weighted by Gasteiger charge is 2.18. The molecule has 0 aliphatic carbocycles. The maximum atomic E-state index is 12.5. The SMILES string of the molecule is COc1ccc(C(=O)Nc2cc3c(cc2Br)OCCO3)cc1OC(F)F. The molecule has 0 saturated heterocycles. The third-order valence-corrected chi connectivity index (χ3v) is 4.18. The van der Waals surface area contributed by atoms with Gasteiger partial charge >= 0.3 is 6.61 Å². The van der Waals surface area contributed by atoms with Gasteiger partial charge in [0.2, 0.25) is 0 Å². The highest BCUT2D eigenvalue weighted by Crippen LogP contribution is 2.38. The van der Waals surface area contributed by atoms with Crippen molar-refractivity contribution in [2.45, 2.75) is 6.61 Å². The van der Waals surface area contributed by atoms with E-state index < -0.39 is 12.5 Å². The minimum Gasteiger partial charge on any atom is -0.493 e. The molecule has 0 aromatic heterocycles. The number of nitrogens with one attached hydrogen (secondary N) is 1. The maximum Gasteiger partial charge on any atom is 0.387 e. The third kappa shape index (κ3) is 3.98. The van der Waals surface area contributed by atoms with Gasteiger partial charge in [0.1, 0.15) is 13.2 Å². The minimum atomic E-state index is -3.03. The number of anilines is 1. The molecule has 1 aliphatic heterocycles. The summed E-state index contributed by atoms with van der Waals surface area (Å²) >= 11 is 3.35. The van der Waals surface area contributed by atoms with Crippen molar-refractivity contribution in [3.05, 3.63) is 40.4 Å². The second-order valence-electron chi connectivity index (χ2n) is 5.17. The smallest absolute Gasteiger partial charge is 0.387 e. The Hall–Kier alpha value is -2.55. The molecule has 9 heteroatoms. The first kappa shape index (κ1) is 18.2. The van der Waals surface area contributed by atoms with E-state index in [2.05, 4.69) is 26.0 Å². The van der Waals surface area contributed by atoms with Gasteiger partial charge in [0.05, 0.1) is 12.8 Å². The molecule has 3 rings (SSSR count). The highest BCUT2D eigenvalue weighted by atomic mass is 79.9. The van der Waals surface area contributed by atoms with Crippen LogP contribution < -0.4 is 24.3 Å². The molecule has 0 bridgehead atoms. The number of halogens is 3. The van der Waals surface area contributed by atoms with Crippen molar-refractivity contribution in [2.24, 2.45) is 0 Å². The lowest BCUT2D eigenvalue weighted by Crippen LogP contribution is -2.17. The van der Waals surface area contributed by atoms with Crippen molar-refractivity contribution in [1.82, 2.24) is 0 Å². The molecule has 1 N–H and O–H groups in total. The number of methoxy groups -OCH3 is 1. The molecule has 1 heterocycles. The van der Waals surface area contributed by atoms with Gasteiger partial charge in [-0.05, 0) is 34.1 Å². The molecule has 0 fully saturated rings. The Labute approximate surface area is 156 Å². The molecule has 0 atom stereocenters. The standard InChI is InChI=1S/C17H14BrF2NO5/c1-23-12-3-2-9(6-15(12)26-17(19)20)16(22)21-11-8-14-13(7-10(11)18)24-4-5-25-14/h2-3,6-8,17H,4-5H2,1H3,(H,21,22). The Balaban J connectivity index is 1.84. The van der Waals surface area contributed by atoms with Crippen molar-refractivity contribution in [1.29, 1.82) is 0 Å². The molecular formula is C17H14BrF2NO5. The maximum absolute atomic E-state index is 12.5. The van der Waals surface area contributed by atoms with Crippen molar-refractivity contribution in [3.63, 3.8) is 0 Å². The van der Waals surface area contributed by atoms with Crippen LogP contribution in [0.2, 0.25) is 0 Å². The van der Waals surface area contributed by atoms with Gasteiger partial charge in [-0.3, -0.25) is 4.79 Å². The van der Waals surface area contributed by atoms with Gasteiger partial charge in [-0.2, -0.15) is 8.78 Å². The number of carbonyl (C=O) groups is 1. The fraction of sp³-hybridized carbons (Fsp3) is 0.235. The number of hydrogen-bond acceptors (Lipinski definition) is 5. The molecule has 0 radical (unpaired) electrons. The average molecular weight is 430 g/mol. The number of fused-ring (bicyclic) bond motifs is 1. The summed E-state index contributed by atoms with van der Waals surface area (Å²) in [6.45, 7) is -2.17. The van der Waals surface area contributed by atoms with Crippen LogP contribution in [0.25, 0.3) is 0 Å². The zero-order valence-electron chi connectivity index (χ0n) is 13.6. The zero-order chi connectivity index (χ0) is 18.7. The van der Waals surface area contributed by atoms with Gasteiger partial charge in [-0.1, -0.05) is 0 Å². The fourth-order valence-corrected chi connectivity index (χ4v) is 2.78. The Kier molecular flexibility index (Phi) is 5.46. The van der Waals surface area contributed by atoms with Crippen LogP contribution in [-0.2, 0) is 0 Å². The zero-order valence-corrected chi connectivity index (χ0v) is 15.1. The van der Waals surface area contributed by atoms with Gasteiger partial charge in [0, 0.05) is 22.2 Å². The Morgan fingerprint density at radius 3 is 2.50 bits per heavy atom. The molecule has 0 saturated carbocycles. The largest absolute Gasteiger partial charge is 0.493 e. The van der Waals surface area contributed by atoms with Crippen LogP contribution in [-0.4, -0.2) is 32.8 Å². The second-order valence-corrected chi connectivity index (χ2v) is 6.03. The highest BCUT2D eigenvalue weighted by molar-refractivity contribution is 9.10. The summed E-state index contributed by atoms with van der Waals surface area (Å²) in [4.78, 5) is 12.5. The van der Waals surface area contributed by atoms with Crippen molar-refractivity contribution in [3.8, 4) is 23.0 Å². The van der Waals surface area contributed by atoms with Crippen LogP contribution in [0.15, 0.2) is 34.8 Å². The van der Waals surface area contributed by atoms with Crippen molar-refractivity contribution >= 4 is 27.5 Å². The van der Waals surface area contributed by atoms with Crippen LogP contribution in [0.1, 0.15) is 10.4 Å². The summed E-state index contributed by atoms with van der Waals surface area (Å²) in [5, 5.41) is 2.69. The first-order valence-electron chi connectivity index (χ1n) is 7.51. The minimum absolute atomic E-state index is 0.0994. The molecule has 1 amide bonds. The molecule has 6 nitrogen and oxygen atoms in total. The number of alkyl halides is 2. The number of hydrogen-bond donors (Lipinski definition) is 1. The first-order valence-corrected chi connectivity index (χ1v) is 8.30. The summed E-state index contributed by atoms with van der Waals surface area (Å²) in [6, 6.07) is 7.32. The predicted octanol–water partition coefficient (Wildman–Crippen LogP) is 4.08. The molecule has 2 aromatic rings. The summed E-state index contributed by atoms with van der Waals surface area (Å²) in [7, 11) is 1.32. The molecule has 138 valence electrons. The lowest BCUT2D eigenvalue weighted by Gasteiger charge is -2.20. The monoisotopic (exact) mass is 429 g/mol. The second kappa shape index (κ2) is 7.77. The Bertz CT molecular complexity index is 831. The van der Waals surface area contributed by atoms with E-state index in [9.17, 15) is 13.6 Å². The summed E-state index contributed by atoms with van der Waals surface area (Å²) in [6.07, 6.45) is 0. The molecule has 0 unspecified atom stereocenters. The fourth-order valence-electron chi connectivity index (χ4n) is 2.36. The van der Waals surface area contributed by atoms with E-state index in [0.717, 1.165) is 0 Å². The van der Waals surface area contributed by atoms with E-state index in [1.165, 1.54) is 25.3 Å². The van der Waals surface area contributed by atoms with E-state index in [-0.39, 0.29) is 17.1 Å². The number of benzene rings is 2. The summed E-state index contributed by atoms with van der Waals surface area (Å²) in [5.41, 5.74) is 0.578. The summed E-state index contributed by atoms with van der Waals surface area (Å²) in [5.74, 6) is 0.437. The van der Waals surface area contributed by atoms with E-state index >= 15 is 0 Å². The number of amides is 1. The van der Waals surface area contributed by atoms with Gasteiger partial charge in [-0.15, -0.1) is 0 Å². The van der Waals surface area contributed by atoms with E-state index in [1.54, 1.807) is 12.1 Å². The molecule has 1 aliphatic rings. The van der Waals surface area contributed by atoms with Gasteiger partial charge in [0.15, 0.2) is 23.0 Å². The molecule has 0 spiro atoms. The van der Waals surface area contributed by atoms with E-state index in [1.807, 2.05) is 0 Å². The van der Waals surface area contributed by atoms with Crippen LogP contribution in [0, 0.1) is 0 Å². The predicted molar refractivity (Wildman–Crippen MR) is 92.7 cm³/mol. The Morgan fingerprint density at radius 1 is 1.15 bits per heavy atom. The Morgan fingerprint density at radius 2 is 1.85 bits per heavy atom. The van der Waals surface area contributed by atoms with Crippen LogP contribution >= 0.6 is 15.9 Å². The molecule has 2 aromatic carbocycles. The average Bonchev–Trinajstić information content (AvgIpc) is 2.61. The van der Waals surface area contributed by atoms with Gasteiger partial charge in [-0.25, -0.2) is 0 Å². The molecule has 26 heavy (non-hydrogen) atoms. The normalized spacial score (nSPS) is 12.7. The quantitative estimate of drug-likeness (QED) is 0.775. The van der Waals surface area contributed by atoms with Crippen LogP contribution in [0.4, 0.5) is 14.5 Å². The lowest BCUT2D eigenvalue weighted by molar-refractivity contribution is -0.0512. The number of ether oxygens (including phenoxy) is 4. The third-order valence-electron chi connectivity index (χ3n) is 3.52. The van der Waals surface area contributed by atoms with Crippen molar-refractivity contribution < 1.29 is 32.5 Å². The van der Waals surface area contributed by atoms with Crippen molar-refractivity contribution in [2.75, 3.05) is 25.6 Å². The molecular weight excluding hydrogens is 416 g/mol.